The fraction of sp³-hybridized carbons (Fsp3) is 0.348. The second-order valence-corrected chi connectivity index (χ2v) is 7.80. The Morgan fingerprint density at radius 2 is 1.84 bits per heavy atom. The lowest BCUT2D eigenvalue weighted by molar-refractivity contribution is 0.0508. The van der Waals surface area contributed by atoms with Crippen molar-refractivity contribution < 1.29 is 23.1 Å². The largest absolute Gasteiger partial charge is 0.442 e. The number of fused-ring (bicyclic) bond motifs is 1. The van der Waals surface area contributed by atoms with E-state index in [1.165, 1.54) is 12.1 Å². The number of H-pyrrole nitrogens is 1. The summed E-state index contributed by atoms with van der Waals surface area (Å²) in [5, 5.41) is 0. The summed E-state index contributed by atoms with van der Waals surface area (Å²) in [5.74, 6) is -0.919. The van der Waals surface area contributed by atoms with E-state index in [0.29, 0.717) is 55.8 Å². The van der Waals surface area contributed by atoms with Crippen LogP contribution in [0.3, 0.4) is 0 Å². The van der Waals surface area contributed by atoms with Crippen LogP contribution >= 0.6 is 0 Å². The number of hydrogen-bond acceptors (Lipinski definition) is 6. The minimum atomic E-state index is -0.548. The maximum absolute atomic E-state index is 13.1. The molecule has 4 rings (SSSR count). The summed E-state index contributed by atoms with van der Waals surface area (Å²) in [6.45, 7) is 4.61. The molecule has 0 bridgehead atoms. The van der Waals surface area contributed by atoms with Gasteiger partial charge >= 0.3 is 11.8 Å². The molecule has 0 saturated carbocycles. The van der Waals surface area contributed by atoms with E-state index >= 15 is 0 Å². The predicted molar refractivity (Wildman–Crippen MR) is 115 cm³/mol. The van der Waals surface area contributed by atoms with E-state index in [1.54, 1.807) is 42.2 Å². The lowest BCUT2D eigenvalue weighted by atomic mass is 10.1. The van der Waals surface area contributed by atoms with E-state index < -0.39 is 18.0 Å². The number of carbonyl (C=O) groups is 2. The molecule has 1 unspecified atom stereocenters. The Hall–Kier alpha value is -3.46. The second kappa shape index (κ2) is 9.35. The van der Waals surface area contributed by atoms with Gasteiger partial charge in [0.05, 0.1) is 5.52 Å². The fourth-order valence-electron chi connectivity index (χ4n) is 3.70. The van der Waals surface area contributed by atoms with Gasteiger partial charge in [0.2, 0.25) is 0 Å². The molecule has 1 fully saturated rings. The highest BCUT2D eigenvalue weighted by Gasteiger charge is 2.24. The number of halogens is 1. The number of nitrogens with zero attached hydrogens (tertiary/aromatic N) is 2. The normalized spacial score (nSPS) is 15.6. The first-order valence-corrected chi connectivity index (χ1v) is 10.5. The molecule has 1 aliphatic heterocycles. The van der Waals surface area contributed by atoms with Crippen LogP contribution in [0.1, 0.15) is 35.4 Å². The molecule has 1 atom stereocenters. The topological polar surface area (TPSA) is 95.9 Å². The highest BCUT2D eigenvalue weighted by molar-refractivity contribution is 5.98. The fourth-order valence-corrected chi connectivity index (χ4v) is 3.70. The van der Waals surface area contributed by atoms with Gasteiger partial charge in [-0.1, -0.05) is 12.1 Å². The van der Waals surface area contributed by atoms with Gasteiger partial charge in [-0.3, -0.25) is 14.7 Å². The lowest BCUT2D eigenvalue weighted by Crippen LogP contribution is -2.49. The summed E-state index contributed by atoms with van der Waals surface area (Å²) in [4.78, 5) is 42.5. The summed E-state index contributed by atoms with van der Waals surface area (Å²) in [6, 6.07) is 10.8. The van der Waals surface area contributed by atoms with Crippen molar-refractivity contribution in [2.75, 3.05) is 32.7 Å². The second-order valence-electron chi connectivity index (χ2n) is 7.80. The average Bonchev–Trinajstić information content (AvgIpc) is 3.17. The third-order valence-corrected chi connectivity index (χ3v) is 5.65. The van der Waals surface area contributed by atoms with Gasteiger partial charge < -0.3 is 14.1 Å². The van der Waals surface area contributed by atoms with Crippen LogP contribution in [0.5, 0.6) is 0 Å². The molecule has 2 aromatic carbocycles. The van der Waals surface area contributed by atoms with Crippen LogP contribution < -0.4 is 5.76 Å². The van der Waals surface area contributed by atoms with Gasteiger partial charge in [0.15, 0.2) is 11.4 Å². The quantitative estimate of drug-likeness (QED) is 0.590. The number of benzene rings is 2. The molecule has 2 heterocycles. The maximum atomic E-state index is 13.1. The number of carbonyl (C=O) groups excluding carboxylic acids is 2. The zero-order chi connectivity index (χ0) is 22.7. The standard InChI is InChI=1S/C23H24FN3O5/c1-15(16-2-5-18(24)6-3-16)31-23(30)27-12-10-26(11-13-27)9-8-20(28)17-4-7-19-21(14-17)32-22(29)25-19/h2-7,14-15H,8-13H2,1H3,(H,25,29). The molecule has 3 aromatic rings. The third-order valence-electron chi connectivity index (χ3n) is 5.65. The Labute approximate surface area is 183 Å². The first-order valence-electron chi connectivity index (χ1n) is 10.5. The number of Topliss-reactive ketones (excluding diaryl/α,β-unsaturated/α-hetero) is 1. The number of rotatable bonds is 6. The van der Waals surface area contributed by atoms with Crippen molar-refractivity contribution in [2.45, 2.75) is 19.4 Å². The molecule has 168 valence electrons. The van der Waals surface area contributed by atoms with Crippen LogP contribution in [0, 0.1) is 5.82 Å². The summed E-state index contributed by atoms with van der Waals surface area (Å²) in [7, 11) is 0. The highest BCUT2D eigenvalue weighted by atomic mass is 19.1. The molecule has 1 N–H and O–H groups in total. The Morgan fingerprint density at radius 3 is 2.56 bits per heavy atom. The van der Waals surface area contributed by atoms with Gasteiger partial charge in [-0.05, 0) is 42.8 Å². The molecule has 0 radical (unpaired) electrons. The van der Waals surface area contributed by atoms with Crippen LogP contribution in [0.2, 0.25) is 0 Å². The minimum absolute atomic E-state index is 0.0364. The van der Waals surface area contributed by atoms with Crippen molar-refractivity contribution in [1.82, 2.24) is 14.8 Å². The molecular formula is C23H24FN3O5. The van der Waals surface area contributed by atoms with Gasteiger partial charge in [0, 0.05) is 44.7 Å². The zero-order valence-corrected chi connectivity index (χ0v) is 17.7. The van der Waals surface area contributed by atoms with Crippen LogP contribution in [-0.2, 0) is 4.74 Å². The monoisotopic (exact) mass is 441 g/mol. The van der Waals surface area contributed by atoms with Crippen molar-refractivity contribution in [1.29, 1.82) is 0 Å². The van der Waals surface area contributed by atoms with Gasteiger partial charge in [-0.25, -0.2) is 14.0 Å². The predicted octanol–water partition coefficient (Wildman–Crippen LogP) is 3.35. The average molecular weight is 441 g/mol. The van der Waals surface area contributed by atoms with Crippen molar-refractivity contribution >= 4 is 23.0 Å². The minimum Gasteiger partial charge on any atom is -0.442 e. The number of aromatic amines is 1. The van der Waals surface area contributed by atoms with Crippen molar-refractivity contribution in [3.8, 4) is 0 Å². The number of oxazole rings is 1. The molecule has 32 heavy (non-hydrogen) atoms. The van der Waals surface area contributed by atoms with E-state index in [-0.39, 0.29) is 11.6 Å². The van der Waals surface area contributed by atoms with Crippen molar-refractivity contribution in [3.05, 3.63) is 70.0 Å². The molecule has 1 saturated heterocycles. The SMILES string of the molecule is CC(OC(=O)N1CCN(CCC(=O)c2ccc3[nH]c(=O)oc3c2)CC1)c1ccc(F)cc1. The van der Waals surface area contributed by atoms with E-state index in [4.69, 9.17) is 9.15 Å². The summed E-state index contributed by atoms with van der Waals surface area (Å²) in [6.07, 6.45) is -0.550. The summed E-state index contributed by atoms with van der Waals surface area (Å²) < 4.78 is 23.6. The van der Waals surface area contributed by atoms with Gasteiger partial charge in [-0.2, -0.15) is 0 Å². The Bertz CT molecular complexity index is 1160. The Kier molecular flexibility index (Phi) is 6.36. The number of ether oxygens (including phenoxy) is 1. The first-order chi connectivity index (χ1) is 15.4. The van der Waals surface area contributed by atoms with E-state index in [0.717, 1.165) is 5.56 Å². The van der Waals surface area contributed by atoms with E-state index in [2.05, 4.69) is 9.88 Å². The van der Waals surface area contributed by atoms with Gasteiger partial charge in [-0.15, -0.1) is 0 Å². The van der Waals surface area contributed by atoms with Crippen molar-refractivity contribution in [2.24, 2.45) is 0 Å². The molecule has 1 aromatic heterocycles. The number of ketones is 1. The number of aromatic nitrogens is 1. The molecule has 0 spiro atoms. The number of amides is 1. The van der Waals surface area contributed by atoms with E-state index in [1.807, 2.05) is 0 Å². The molecule has 8 nitrogen and oxygen atoms in total. The number of hydrogen-bond donors (Lipinski definition) is 1. The van der Waals surface area contributed by atoms with Gasteiger partial charge in [0.25, 0.3) is 0 Å². The molecule has 9 heteroatoms. The molecule has 1 amide bonds. The van der Waals surface area contributed by atoms with Crippen LogP contribution in [0.15, 0.2) is 51.7 Å². The smallest absolute Gasteiger partial charge is 0.417 e. The third kappa shape index (κ3) is 5.05. The zero-order valence-electron chi connectivity index (χ0n) is 17.7. The lowest BCUT2D eigenvalue weighted by Gasteiger charge is -2.34. The number of piperazine rings is 1. The van der Waals surface area contributed by atoms with E-state index in [9.17, 15) is 18.8 Å². The molecular weight excluding hydrogens is 417 g/mol. The molecule has 0 aliphatic carbocycles. The number of nitrogens with one attached hydrogen (secondary N) is 1. The Balaban J connectivity index is 1.23. The Morgan fingerprint density at radius 1 is 1.12 bits per heavy atom. The maximum Gasteiger partial charge on any atom is 0.417 e. The van der Waals surface area contributed by atoms with Crippen LogP contribution in [-0.4, -0.2) is 59.4 Å². The van der Waals surface area contributed by atoms with Gasteiger partial charge in [0.1, 0.15) is 11.9 Å². The summed E-state index contributed by atoms with van der Waals surface area (Å²) >= 11 is 0. The van der Waals surface area contributed by atoms with Crippen LogP contribution in [0.25, 0.3) is 11.1 Å². The van der Waals surface area contributed by atoms with Crippen molar-refractivity contribution in [3.63, 3.8) is 0 Å². The molecule has 1 aliphatic rings. The first kappa shape index (κ1) is 21.8. The highest BCUT2D eigenvalue weighted by Crippen LogP contribution is 2.19. The van der Waals surface area contributed by atoms with Crippen LogP contribution in [0.4, 0.5) is 9.18 Å². The summed E-state index contributed by atoms with van der Waals surface area (Å²) in [5.41, 5.74) is 2.15.